The van der Waals surface area contributed by atoms with Crippen molar-refractivity contribution in [2.75, 3.05) is 11.5 Å². The van der Waals surface area contributed by atoms with Crippen molar-refractivity contribution < 1.29 is 18.3 Å². The van der Waals surface area contributed by atoms with E-state index in [-0.39, 0.29) is 22.9 Å². The highest BCUT2D eigenvalue weighted by atomic mass is 32.2. The number of amides is 1. The normalized spacial score (nSPS) is 22.8. The summed E-state index contributed by atoms with van der Waals surface area (Å²) in [5.41, 5.74) is -0.255. The van der Waals surface area contributed by atoms with E-state index in [1.165, 1.54) is 10.9 Å². The topological polar surface area (TPSA) is 101 Å². The standard InChI is InChI=1S/C15H17N3O4S/c1-15(7-8-23(21,22)10-15)16-14(20)13-12(19)9-18(17-13)11-5-3-2-4-6-11/h2-6,9,19H,7-8,10H2,1H3,(H,16,20). The largest absolute Gasteiger partial charge is 0.504 e. The smallest absolute Gasteiger partial charge is 0.276 e. The van der Waals surface area contributed by atoms with Crippen LogP contribution in [-0.4, -0.2) is 46.3 Å². The van der Waals surface area contributed by atoms with Gasteiger partial charge >= 0.3 is 0 Å². The Morgan fingerprint density at radius 2 is 2.04 bits per heavy atom. The van der Waals surface area contributed by atoms with Gasteiger partial charge in [-0.3, -0.25) is 4.79 Å². The molecule has 122 valence electrons. The Bertz CT molecular complexity index is 845. The number of rotatable bonds is 3. The van der Waals surface area contributed by atoms with E-state index >= 15 is 0 Å². The van der Waals surface area contributed by atoms with Crippen LogP contribution in [0.1, 0.15) is 23.8 Å². The highest BCUT2D eigenvalue weighted by Crippen LogP contribution is 2.25. The number of benzene rings is 1. The number of aromatic nitrogens is 2. The monoisotopic (exact) mass is 335 g/mol. The average molecular weight is 335 g/mol. The Balaban J connectivity index is 1.82. The average Bonchev–Trinajstić information content (AvgIpc) is 3.00. The molecule has 1 aliphatic rings. The van der Waals surface area contributed by atoms with Crippen molar-refractivity contribution in [1.82, 2.24) is 15.1 Å². The van der Waals surface area contributed by atoms with Gasteiger partial charge in [0.1, 0.15) is 0 Å². The van der Waals surface area contributed by atoms with E-state index in [1.807, 2.05) is 18.2 Å². The Morgan fingerprint density at radius 3 is 2.65 bits per heavy atom. The van der Waals surface area contributed by atoms with Crippen molar-refractivity contribution in [3.8, 4) is 11.4 Å². The molecule has 8 heteroatoms. The Hall–Kier alpha value is -2.35. The molecule has 1 atom stereocenters. The van der Waals surface area contributed by atoms with Crippen LogP contribution in [0.2, 0.25) is 0 Å². The molecule has 1 unspecified atom stereocenters. The molecule has 1 aromatic heterocycles. The molecule has 0 aliphatic carbocycles. The van der Waals surface area contributed by atoms with Crippen LogP contribution in [0.25, 0.3) is 5.69 Å². The van der Waals surface area contributed by atoms with Gasteiger partial charge in [0.2, 0.25) is 0 Å². The maximum atomic E-state index is 12.3. The molecule has 0 saturated carbocycles. The second kappa shape index (κ2) is 5.38. The summed E-state index contributed by atoms with van der Waals surface area (Å²) in [5, 5.41) is 16.7. The highest BCUT2D eigenvalue weighted by Gasteiger charge is 2.40. The summed E-state index contributed by atoms with van der Waals surface area (Å²) in [5.74, 6) is -0.896. The summed E-state index contributed by atoms with van der Waals surface area (Å²) < 4.78 is 24.6. The molecule has 1 amide bonds. The first-order valence-corrected chi connectivity index (χ1v) is 8.97. The number of nitrogens with zero attached hydrogens (tertiary/aromatic N) is 2. The van der Waals surface area contributed by atoms with Crippen molar-refractivity contribution >= 4 is 15.7 Å². The number of nitrogens with one attached hydrogen (secondary N) is 1. The van der Waals surface area contributed by atoms with Gasteiger partial charge in [0.05, 0.1) is 28.9 Å². The van der Waals surface area contributed by atoms with Crippen LogP contribution >= 0.6 is 0 Å². The van der Waals surface area contributed by atoms with Crippen molar-refractivity contribution in [3.05, 3.63) is 42.2 Å². The first-order chi connectivity index (χ1) is 10.8. The summed E-state index contributed by atoms with van der Waals surface area (Å²) in [6, 6.07) is 9.07. The van der Waals surface area contributed by atoms with E-state index in [9.17, 15) is 18.3 Å². The molecule has 1 fully saturated rings. The maximum Gasteiger partial charge on any atom is 0.276 e. The van der Waals surface area contributed by atoms with Gasteiger partial charge in [-0.2, -0.15) is 5.10 Å². The lowest BCUT2D eigenvalue weighted by molar-refractivity contribution is 0.0907. The van der Waals surface area contributed by atoms with E-state index < -0.39 is 21.3 Å². The van der Waals surface area contributed by atoms with Gasteiger partial charge in [-0.25, -0.2) is 13.1 Å². The van der Waals surface area contributed by atoms with E-state index in [1.54, 1.807) is 19.1 Å². The van der Waals surface area contributed by atoms with E-state index in [0.717, 1.165) is 0 Å². The highest BCUT2D eigenvalue weighted by molar-refractivity contribution is 7.91. The van der Waals surface area contributed by atoms with Crippen LogP contribution < -0.4 is 5.32 Å². The predicted octanol–water partition coefficient (Wildman–Crippen LogP) is 0.885. The molecule has 23 heavy (non-hydrogen) atoms. The van der Waals surface area contributed by atoms with E-state index in [2.05, 4.69) is 10.4 Å². The summed E-state index contributed by atoms with van der Waals surface area (Å²) in [7, 11) is -3.13. The predicted molar refractivity (Wildman–Crippen MR) is 84.4 cm³/mol. The number of carbonyl (C=O) groups is 1. The molecule has 7 nitrogen and oxygen atoms in total. The lowest BCUT2D eigenvalue weighted by Gasteiger charge is -2.23. The number of sulfone groups is 1. The SMILES string of the molecule is CC1(NC(=O)c2nn(-c3ccccc3)cc2O)CCS(=O)(=O)C1. The molecule has 3 rings (SSSR count). The quantitative estimate of drug-likeness (QED) is 0.867. The molecular weight excluding hydrogens is 318 g/mol. The first kappa shape index (κ1) is 15.5. The van der Waals surface area contributed by atoms with Crippen LogP contribution in [0.5, 0.6) is 5.75 Å². The third kappa shape index (κ3) is 3.21. The number of para-hydroxylation sites is 1. The summed E-state index contributed by atoms with van der Waals surface area (Å²) in [4.78, 5) is 12.3. The van der Waals surface area contributed by atoms with E-state index in [4.69, 9.17) is 0 Å². The van der Waals surface area contributed by atoms with Crippen molar-refractivity contribution in [2.24, 2.45) is 0 Å². The molecule has 0 bridgehead atoms. The third-order valence-electron chi connectivity index (χ3n) is 3.85. The number of aromatic hydroxyl groups is 1. The minimum atomic E-state index is -3.13. The third-order valence-corrected chi connectivity index (χ3v) is 5.75. The summed E-state index contributed by atoms with van der Waals surface area (Å²) in [6.45, 7) is 1.68. The van der Waals surface area contributed by atoms with E-state index in [0.29, 0.717) is 12.1 Å². The zero-order chi connectivity index (χ0) is 16.7. The number of carbonyl (C=O) groups excluding carboxylic acids is 1. The minimum Gasteiger partial charge on any atom is -0.504 e. The number of hydrogen-bond acceptors (Lipinski definition) is 5. The van der Waals surface area contributed by atoms with Crippen molar-refractivity contribution in [1.29, 1.82) is 0 Å². The molecule has 1 aliphatic heterocycles. The van der Waals surface area contributed by atoms with Gasteiger partial charge in [-0.1, -0.05) is 18.2 Å². The van der Waals surface area contributed by atoms with Crippen molar-refractivity contribution in [2.45, 2.75) is 18.9 Å². The fourth-order valence-electron chi connectivity index (χ4n) is 2.68. The first-order valence-electron chi connectivity index (χ1n) is 7.15. The minimum absolute atomic E-state index is 0.0498. The molecule has 0 spiro atoms. The fraction of sp³-hybridized carbons (Fsp3) is 0.333. The molecule has 0 radical (unpaired) electrons. The van der Waals surface area contributed by atoms with Crippen LogP contribution in [0.3, 0.4) is 0 Å². The second-order valence-corrected chi connectivity index (χ2v) is 8.18. The van der Waals surface area contributed by atoms with Crippen molar-refractivity contribution in [3.63, 3.8) is 0 Å². The van der Waals surface area contributed by atoms with Crippen LogP contribution in [0.4, 0.5) is 0 Å². The van der Waals surface area contributed by atoms with Crippen LogP contribution in [0, 0.1) is 0 Å². The summed E-state index contributed by atoms with van der Waals surface area (Å²) >= 11 is 0. The lowest BCUT2D eigenvalue weighted by atomic mass is 10.0. The van der Waals surface area contributed by atoms with Crippen LogP contribution in [0.15, 0.2) is 36.5 Å². The second-order valence-electron chi connectivity index (χ2n) is 6.00. The van der Waals surface area contributed by atoms with Gasteiger partial charge in [0, 0.05) is 0 Å². The van der Waals surface area contributed by atoms with Gasteiger partial charge in [0.25, 0.3) is 5.91 Å². The Kier molecular flexibility index (Phi) is 3.63. The molecule has 2 N–H and O–H groups in total. The van der Waals surface area contributed by atoms with Gasteiger partial charge in [-0.05, 0) is 25.5 Å². The molecule has 1 saturated heterocycles. The zero-order valence-corrected chi connectivity index (χ0v) is 13.4. The summed E-state index contributed by atoms with van der Waals surface area (Å²) in [6.07, 6.45) is 1.69. The zero-order valence-electron chi connectivity index (χ0n) is 12.6. The fourth-order valence-corrected chi connectivity index (χ4v) is 4.77. The number of hydrogen-bond donors (Lipinski definition) is 2. The molecular formula is C15H17N3O4S. The molecule has 1 aromatic carbocycles. The van der Waals surface area contributed by atoms with Gasteiger partial charge < -0.3 is 10.4 Å². The van der Waals surface area contributed by atoms with Gasteiger partial charge in [-0.15, -0.1) is 0 Å². The Morgan fingerprint density at radius 1 is 1.35 bits per heavy atom. The molecule has 2 heterocycles. The van der Waals surface area contributed by atoms with Crippen LogP contribution in [-0.2, 0) is 9.84 Å². The maximum absolute atomic E-state index is 12.3. The lowest BCUT2D eigenvalue weighted by Crippen LogP contribution is -2.47. The molecule has 2 aromatic rings. The Labute approximate surface area is 133 Å². The van der Waals surface area contributed by atoms with Gasteiger partial charge in [0.15, 0.2) is 21.3 Å².